The lowest BCUT2D eigenvalue weighted by molar-refractivity contribution is -0.183. The van der Waals surface area contributed by atoms with Gasteiger partial charge in [0.25, 0.3) is 0 Å². The second kappa shape index (κ2) is 5.19. The van der Waals surface area contributed by atoms with Crippen molar-refractivity contribution in [1.82, 2.24) is 5.32 Å². The molecule has 1 aliphatic rings. The first-order valence-corrected chi connectivity index (χ1v) is 5.69. The summed E-state index contributed by atoms with van der Waals surface area (Å²) in [5.41, 5.74) is 0. The molecule has 0 heterocycles. The van der Waals surface area contributed by atoms with Crippen molar-refractivity contribution in [2.45, 2.75) is 51.7 Å². The Balaban J connectivity index is 2.24. The maximum atomic E-state index is 12.4. The minimum atomic E-state index is -3.98. The van der Waals surface area contributed by atoms with Gasteiger partial charge in [0, 0.05) is 6.04 Å². The summed E-state index contributed by atoms with van der Waals surface area (Å²) in [6.45, 7) is 4.98. The topological polar surface area (TPSA) is 12.0 Å². The highest BCUT2D eigenvalue weighted by Crippen LogP contribution is 2.39. The van der Waals surface area contributed by atoms with Crippen molar-refractivity contribution < 1.29 is 13.2 Å². The molecule has 0 spiro atoms. The molecule has 0 amide bonds. The van der Waals surface area contributed by atoms with Crippen LogP contribution in [0, 0.1) is 11.8 Å². The molecule has 0 saturated heterocycles. The first kappa shape index (κ1) is 12.8. The molecule has 0 bridgehead atoms. The van der Waals surface area contributed by atoms with Gasteiger partial charge in [-0.05, 0) is 38.1 Å². The number of halogens is 3. The summed E-state index contributed by atoms with van der Waals surface area (Å²) in [5, 5.41) is 3.29. The van der Waals surface area contributed by atoms with Crippen LogP contribution in [0.2, 0.25) is 0 Å². The summed E-state index contributed by atoms with van der Waals surface area (Å²) in [4.78, 5) is 0. The molecule has 0 aromatic carbocycles. The number of alkyl halides is 3. The van der Waals surface area contributed by atoms with E-state index in [-0.39, 0.29) is 0 Å². The molecule has 1 saturated carbocycles. The lowest BCUT2D eigenvalue weighted by Gasteiger charge is -2.30. The number of hydrogen-bond acceptors (Lipinski definition) is 1. The molecule has 90 valence electrons. The van der Waals surface area contributed by atoms with Crippen LogP contribution in [0.3, 0.4) is 0 Å². The zero-order valence-corrected chi connectivity index (χ0v) is 9.40. The zero-order chi connectivity index (χ0) is 11.5. The number of rotatable bonds is 3. The predicted molar refractivity (Wildman–Crippen MR) is 54.6 cm³/mol. The van der Waals surface area contributed by atoms with E-state index < -0.39 is 12.1 Å². The number of hydrogen-bond donors (Lipinski definition) is 1. The lowest BCUT2D eigenvalue weighted by Crippen LogP contribution is -2.34. The van der Waals surface area contributed by atoms with E-state index in [1.54, 1.807) is 0 Å². The third-order valence-electron chi connectivity index (χ3n) is 3.12. The van der Waals surface area contributed by atoms with Crippen molar-refractivity contribution in [3.05, 3.63) is 0 Å². The molecule has 0 radical (unpaired) electrons. The van der Waals surface area contributed by atoms with Crippen molar-refractivity contribution in [2.75, 3.05) is 6.54 Å². The van der Waals surface area contributed by atoms with Crippen LogP contribution in [0.25, 0.3) is 0 Å². The van der Waals surface area contributed by atoms with Crippen LogP contribution >= 0.6 is 0 Å². The van der Waals surface area contributed by atoms with Gasteiger partial charge in [-0.3, -0.25) is 0 Å². The molecule has 0 aromatic heterocycles. The van der Waals surface area contributed by atoms with Gasteiger partial charge in [-0.15, -0.1) is 0 Å². The average Bonchev–Trinajstić information content (AvgIpc) is 2.14. The molecule has 0 aliphatic heterocycles. The van der Waals surface area contributed by atoms with Crippen LogP contribution in [-0.4, -0.2) is 18.8 Å². The maximum Gasteiger partial charge on any atom is 0.391 e. The van der Waals surface area contributed by atoms with Crippen LogP contribution in [0.4, 0.5) is 13.2 Å². The van der Waals surface area contributed by atoms with Gasteiger partial charge in [-0.1, -0.05) is 13.8 Å². The average molecular weight is 223 g/mol. The molecule has 0 unspecified atom stereocenters. The van der Waals surface area contributed by atoms with Crippen LogP contribution in [0.1, 0.15) is 39.5 Å². The Labute approximate surface area is 89.4 Å². The first-order chi connectivity index (χ1) is 6.89. The van der Waals surface area contributed by atoms with Gasteiger partial charge in [0.1, 0.15) is 0 Å². The Bertz CT molecular complexity index is 181. The summed E-state index contributed by atoms with van der Waals surface area (Å²) in [7, 11) is 0. The van der Waals surface area contributed by atoms with E-state index in [0.29, 0.717) is 37.6 Å². The van der Waals surface area contributed by atoms with Gasteiger partial charge in [-0.25, -0.2) is 0 Å². The van der Waals surface area contributed by atoms with Crippen LogP contribution in [-0.2, 0) is 0 Å². The van der Waals surface area contributed by atoms with E-state index in [0.717, 1.165) is 6.54 Å². The van der Waals surface area contributed by atoms with Crippen molar-refractivity contribution in [1.29, 1.82) is 0 Å². The monoisotopic (exact) mass is 223 g/mol. The predicted octanol–water partition coefficient (Wildman–Crippen LogP) is 3.35. The molecule has 1 nitrogen and oxygen atoms in total. The van der Waals surface area contributed by atoms with E-state index in [1.165, 1.54) is 0 Å². The molecule has 1 fully saturated rings. The summed E-state index contributed by atoms with van der Waals surface area (Å²) < 4.78 is 37.1. The molecule has 1 aliphatic carbocycles. The summed E-state index contributed by atoms with van der Waals surface area (Å²) in [5.74, 6) is -0.612. The highest BCUT2D eigenvalue weighted by atomic mass is 19.4. The second-order valence-corrected chi connectivity index (χ2v) is 4.82. The Morgan fingerprint density at radius 1 is 1.13 bits per heavy atom. The number of nitrogens with one attached hydrogen (secondary N) is 1. The van der Waals surface area contributed by atoms with E-state index in [1.807, 2.05) is 0 Å². The summed E-state index contributed by atoms with van der Waals surface area (Å²) in [6, 6.07) is 0.422. The van der Waals surface area contributed by atoms with Gasteiger partial charge < -0.3 is 5.32 Å². The van der Waals surface area contributed by atoms with Gasteiger partial charge in [0.15, 0.2) is 0 Å². The Morgan fingerprint density at radius 2 is 1.67 bits per heavy atom. The first-order valence-electron chi connectivity index (χ1n) is 5.69. The quantitative estimate of drug-likeness (QED) is 0.773. The molecule has 0 atom stereocenters. The van der Waals surface area contributed by atoms with Crippen molar-refractivity contribution in [3.63, 3.8) is 0 Å². The van der Waals surface area contributed by atoms with Crippen LogP contribution in [0.5, 0.6) is 0 Å². The molecule has 4 heteroatoms. The van der Waals surface area contributed by atoms with Crippen LogP contribution in [0.15, 0.2) is 0 Å². The van der Waals surface area contributed by atoms with Gasteiger partial charge >= 0.3 is 6.18 Å². The fraction of sp³-hybridized carbons (Fsp3) is 1.00. The minimum absolute atomic E-state index is 0.313. The fourth-order valence-corrected chi connectivity index (χ4v) is 2.10. The minimum Gasteiger partial charge on any atom is -0.314 e. The Kier molecular flexibility index (Phi) is 4.44. The lowest BCUT2D eigenvalue weighted by atomic mass is 9.81. The molecule has 1 N–H and O–H groups in total. The molecular weight excluding hydrogens is 203 g/mol. The Morgan fingerprint density at radius 3 is 2.07 bits per heavy atom. The van der Waals surface area contributed by atoms with Gasteiger partial charge in [0.2, 0.25) is 0 Å². The largest absolute Gasteiger partial charge is 0.391 e. The standard InChI is InChI=1S/C11H20F3N/c1-8(2)15-7-9-3-5-10(6-4-9)11(12,13)14/h8-10,15H,3-7H2,1-2H3. The third kappa shape index (κ3) is 4.41. The van der Waals surface area contributed by atoms with Crippen molar-refractivity contribution in [3.8, 4) is 0 Å². The Hall–Kier alpha value is -0.250. The second-order valence-electron chi connectivity index (χ2n) is 4.82. The SMILES string of the molecule is CC(C)NCC1CCC(C(F)(F)F)CC1. The fourth-order valence-electron chi connectivity index (χ4n) is 2.10. The molecule has 15 heavy (non-hydrogen) atoms. The van der Waals surface area contributed by atoms with E-state index in [2.05, 4.69) is 19.2 Å². The van der Waals surface area contributed by atoms with Crippen LogP contribution < -0.4 is 5.32 Å². The van der Waals surface area contributed by atoms with E-state index >= 15 is 0 Å². The molecular formula is C11H20F3N. The third-order valence-corrected chi connectivity index (χ3v) is 3.12. The normalized spacial score (nSPS) is 28.4. The highest BCUT2D eigenvalue weighted by Gasteiger charge is 2.41. The van der Waals surface area contributed by atoms with E-state index in [4.69, 9.17) is 0 Å². The summed E-state index contributed by atoms with van der Waals surface area (Å²) in [6.07, 6.45) is -1.92. The molecule has 1 rings (SSSR count). The molecule has 0 aromatic rings. The maximum absolute atomic E-state index is 12.4. The zero-order valence-electron chi connectivity index (χ0n) is 9.40. The smallest absolute Gasteiger partial charge is 0.314 e. The summed E-state index contributed by atoms with van der Waals surface area (Å²) >= 11 is 0. The van der Waals surface area contributed by atoms with E-state index in [9.17, 15) is 13.2 Å². The van der Waals surface area contributed by atoms with Gasteiger partial charge in [0.05, 0.1) is 5.92 Å². The van der Waals surface area contributed by atoms with Crippen molar-refractivity contribution in [2.24, 2.45) is 11.8 Å². The van der Waals surface area contributed by atoms with Crippen molar-refractivity contribution >= 4 is 0 Å². The highest BCUT2D eigenvalue weighted by molar-refractivity contribution is 4.78. The van der Waals surface area contributed by atoms with Gasteiger partial charge in [-0.2, -0.15) is 13.2 Å².